The highest BCUT2D eigenvalue weighted by Gasteiger charge is 2.18. The Labute approximate surface area is 308 Å². The van der Waals surface area contributed by atoms with Gasteiger partial charge in [-0.3, -0.25) is 9.59 Å². The van der Waals surface area contributed by atoms with Gasteiger partial charge in [-0.25, -0.2) is 0 Å². The van der Waals surface area contributed by atoms with Gasteiger partial charge in [0.2, 0.25) is 0 Å². The first-order chi connectivity index (χ1) is 23.9. The van der Waals surface area contributed by atoms with Gasteiger partial charge in [0, 0.05) is 25.3 Å². The number of allylic oxidation sites excluding steroid dienone is 1. The van der Waals surface area contributed by atoms with Crippen LogP contribution in [-0.2, 0) is 14.3 Å². The number of aliphatic hydroxyl groups excluding tert-OH is 1. The number of hydrogen-bond acceptors (Lipinski definition) is 7. The van der Waals surface area contributed by atoms with Crippen LogP contribution in [0.5, 0.6) is 0 Å². The first kappa shape index (κ1) is 47.9. The lowest BCUT2D eigenvalue weighted by atomic mass is 10.0. The second-order valence-corrected chi connectivity index (χ2v) is 14.7. The molecule has 290 valence electrons. The fourth-order valence-electron chi connectivity index (χ4n) is 6.03. The van der Waals surface area contributed by atoms with Crippen LogP contribution in [0, 0.1) is 0 Å². The number of amides is 1. The second kappa shape index (κ2) is 36.7. The minimum atomic E-state index is -0.811. The van der Waals surface area contributed by atoms with Crippen molar-refractivity contribution >= 4 is 23.0 Å². The Morgan fingerprint density at radius 1 is 0.653 bits per heavy atom. The maximum absolute atomic E-state index is 13.3. The molecule has 0 aromatic heterocycles. The molecule has 0 saturated heterocycles. The van der Waals surface area contributed by atoms with Crippen LogP contribution < -0.4 is 0 Å². The molecule has 1 unspecified atom stereocenters. The first-order valence-electron chi connectivity index (χ1n) is 20.7. The van der Waals surface area contributed by atoms with E-state index in [1.54, 1.807) is 0 Å². The van der Waals surface area contributed by atoms with Gasteiger partial charge in [0.15, 0.2) is 6.29 Å². The number of aliphatic hydroxyl groups is 1. The SMILES string of the molecule is CCCCC/C=C\COC(=O)CCCN(CCCC(O)OC(CCCCCCCC)CCCCCCCC)C(=O)SCCCN(CC)CC. The lowest BCUT2D eigenvalue weighted by Crippen LogP contribution is -2.32. The largest absolute Gasteiger partial charge is 0.461 e. The summed E-state index contributed by atoms with van der Waals surface area (Å²) < 4.78 is 11.6. The molecule has 1 N–H and O–H groups in total. The molecule has 1 amide bonds. The molecule has 0 aliphatic rings. The fraction of sp³-hybridized carbons (Fsp3) is 0.902. The van der Waals surface area contributed by atoms with Gasteiger partial charge in [-0.15, -0.1) is 0 Å². The second-order valence-electron chi connectivity index (χ2n) is 13.7. The Bertz CT molecular complexity index is 748. The van der Waals surface area contributed by atoms with Crippen LogP contribution in [0.3, 0.4) is 0 Å². The first-order valence-corrected chi connectivity index (χ1v) is 21.7. The number of unbranched alkanes of at least 4 members (excludes halogenated alkanes) is 13. The van der Waals surface area contributed by atoms with Gasteiger partial charge < -0.3 is 24.4 Å². The third-order valence-electron chi connectivity index (χ3n) is 9.28. The van der Waals surface area contributed by atoms with Crippen LogP contribution in [0.2, 0.25) is 0 Å². The topological polar surface area (TPSA) is 79.3 Å². The zero-order valence-electron chi connectivity index (χ0n) is 32.9. The summed E-state index contributed by atoms with van der Waals surface area (Å²) in [7, 11) is 0. The van der Waals surface area contributed by atoms with Crippen molar-refractivity contribution in [1.29, 1.82) is 0 Å². The van der Waals surface area contributed by atoms with E-state index >= 15 is 0 Å². The predicted molar refractivity (Wildman–Crippen MR) is 211 cm³/mol. The van der Waals surface area contributed by atoms with E-state index in [0.717, 1.165) is 63.9 Å². The molecule has 1 atom stereocenters. The third kappa shape index (κ3) is 31.4. The summed E-state index contributed by atoms with van der Waals surface area (Å²) in [6.07, 6.45) is 28.1. The van der Waals surface area contributed by atoms with Gasteiger partial charge in [-0.05, 0) is 71.0 Å². The van der Waals surface area contributed by atoms with Crippen molar-refractivity contribution in [2.24, 2.45) is 0 Å². The van der Waals surface area contributed by atoms with Gasteiger partial charge in [0.05, 0.1) is 6.10 Å². The van der Waals surface area contributed by atoms with Crippen LogP contribution in [0.25, 0.3) is 0 Å². The Kier molecular flexibility index (Phi) is 35.9. The average Bonchev–Trinajstić information content (AvgIpc) is 3.09. The smallest absolute Gasteiger partial charge is 0.306 e. The fourth-order valence-corrected chi connectivity index (χ4v) is 6.84. The molecule has 0 aromatic rings. The van der Waals surface area contributed by atoms with E-state index in [2.05, 4.69) is 45.6 Å². The quantitative estimate of drug-likeness (QED) is 0.0300. The zero-order valence-corrected chi connectivity index (χ0v) is 33.7. The Morgan fingerprint density at radius 3 is 1.84 bits per heavy atom. The third-order valence-corrected chi connectivity index (χ3v) is 10.3. The molecule has 7 nitrogen and oxygen atoms in total. The average molecular weight is 713 g/mol. The molecule has 0 spiro atoms. The van der Waals surface area contributed by atoms with Gasteiger partial charge in [-0.1, -0.05) is 148 Å². The van der Waals surface area contributed by atoms with Gasteiger partial charge in [0.1, 0.15) is 6.61 Å². The van der Waals surface area contributed by atoms with Crippen molar-refractivity contribution in [2.75, 3.05) is 45.1 Å². The summed E-state index contributed by atoms with van der Waals surface area (Å²) in [6, 6.07) is 0. The van der Waals surface area contributed by atoms with Crippen LogP contribution in [0.15, 0.2) is 12.2 Å². The van der Waals surface area contributed by atoms with Gasteiger partial charge in [0.25, 0.3) is 5.24 Å². The van der Waals surface area contributed by atoms with E-state index < -0.39 is 6.29 Å². The molecule has 0 aromatic carbocycles. The number of rotatable bonds is 36. The molecule has 0 bridgehead atoms. The predicted octanol–water partition coefficient (Wildman–Crippen LogP) is 11.3. The Morgan fingerprint density at radius 2 is 1.22 bits per heavy atom. The number of carbonyl (C=O) groups excluding carboxylic acids is 2. The Balaban J connectivity index is 4.89. The maximum Gasteiger partial charge on any atom is 0.306 e. The molecule has 8 heteroatoms. The number of hydrogen-bond donors (Lipinski definition) is 1. The number of esters is 1. The van der Waals surface area contributed by atoms with E-state index in [1.807, 2.05) is 11.0 Å². The summed E-state index contributed by atoms with van der Waals surface area (Å²) in [5.41, 5.74) is 0. The molecule has 49 heavy (non-hydrogen) atoms. The summed E-state index contributed by atoms with van der Waals surface area (Å²) in [4.78, 5) is 29.8. The molecule has 0 saturated carbocycles. The monoisotopic (exact) mass is 713 g/mol. The lowest BCUT2D eigenvalue weighted by molar-refractivity contribution is -0.144. The lowest BCUT2D eigenvalue weighted by Gasteiger charge is -2.25. The summed E-state index contributed by atoms with van der Waals surface area (Å²) >= 11 is 1.37. The van der Waals surface area contributed by atoms with Gasteiger partial charge >= 0.3 is 5.97 Å². The highest BCUT2D eigenvalue weighted by atomic mass is 32.2. The number of thioether (sulfide) groups is 1. The molecular formula is C41H80N2O5S. The molecular weight excluding hydrogens is 633 g/mol. The minimum absolute atomic E-state index is 0.0577. The number of nitrogens with zero attached hydrogens (tertiary/aromatic N) is 2. The molecule has 0 aliphatic heterocycles. The zero-order chi connectivity index (χ0) is 36.2. The molecule has 0 aliphatic carbocycles. The van der Waals surface area contributed by atoms with Crippen molar-refractivity contribution in [3.8, 4) is 0 Å². The summed E-state index contributed by atoms with van der Waals surface area (Å²) in [5.74, 6) is 0.561. The van der Waals surface area contributed by atoms with Crippen molar-refractivity contribution in [3.63, 3.8) is 0 Å². The van der Waals surface area contributed by atoms with Gasteiger partial charge in [-0.2, -0.15) is 0 Å². The standard InChI is InChI=1S/C41H80N2O5S/c1-6-11-14-17-20-23-29-38(30-24-21-18-15-12-7-2)48-40(45)32-27-35-43(41(46)49-37-28-33-42(9-4)10-5)34-26-31-39(44)47-36-25-22-19-16-13-8-3/h22,25,38,40,45H,6-21,23-24,26-37H2,1-5H3/b25-22-. The highest BCUT2D eigenvalue weighted by molar-refractivity contribution is 8.13. The normalized spacial score (nSPS) is 12.4. The minimum Gasteiger partial charge on any atom is -0.461 e. The molecule has 0 radical (unpaired) electrons. The molecule has 0 fully saturated rings. The molecule has 0 rings (SSSR count). The molecule has 0 heterocycles. The van der Waals surface area contributed by atoms with E-state index in [0.29, 0.717) is 45.4 Å². The van der Waals surface area contributed by atoms with Crippen LogP contribution in [0.1, 0.15) is 182 Å². The van der Waals surface area contributed by atoms with Crippen LogP contribution in [-0.4, -0.2) is 83.6 Å². The maximum atomic E-state index is 13.3. The van der Waals surface area contributed by atoms with E-state index in [9.17, 15) is 14.7 Å². The summed E-state index contributed by atoms with van der Waals surface area (Å²) in [5, 5.41) is 11.0. The van der Waals surface area contributed by atoms with Crippen molar-refractivity contribution in [3.05, 3.63) is 12.2 Å². The van der Waals surface area contributed by atoms with E-state index in [-0.39, 0.29) is 17.3 Å². The number of carbonyl (C=O) groups is 2. The Hall–Kier alpha value is -1.09. The van der Waals surface area contributed by atoms with E-state index in [4.69, 9.17) is 9.47 Å². The highest BCUT2D eigenvalue weighted by Crippen LogP contribution is 2.20. The van der Waals surface area contributed by atoms with E-state index in [1.165, 1.54) is 95.2 Å². The summed E-state index contributed by atoms with van der Waals surface area (Å²) in [6.45, 7) is 15.4. The number of ether oxygens (including phenoxy) is 2. The van der Waals surface area contributed by atoms with Crippen LogP contribution in [0.4, 0.5) is 4.79 Å². The van der Waals surface area contributed by atoms with Crippen molar-refractivity contribution < 1.29 is 24.2 Å². The van der Waals surface area contributed by atoms with Crippen molar-refractivity contribution in [1.82, 2.24) is 9.80 Å². The van der Waals surface area contributed by atoms with Crippen molar-refractivity contribution in [2.45, 2.75) is 195 Å². The van der Waals surface area contributed by atoms with Crippen LogP contribution >= 0.6 is 11.8 Å².